The molecule has 0 bridgehead atoms. The minimum Gasteiger partial charge on any atom is -0.467 e. The maximum absolute atomic E-state index is 14.3. The molecule has 1 aliphatic rings. The average molecular weight is 570 g/mol. The summed E-state index contributed by atoms with van der Waals surface area (Å²) in [6.45, 7) is 3.11. The molecule has 9 heteroatoms. The van der Waals surface area contributed by atoms with Gasteiger partial charge >= 0.3 is 0 Å². The summed E-state index contributed by atoms with van der Waals surface area (Å²) in [5, 5.41) is 1.43. The normalized spacial score (nSPS) is 13.5. The lowest BCUT2D eigenvalue weighted by atomic mass is 10.1. The molecule has 1 fully saturated rings. The van der Waals surface area contributed by atoms with Gasteiger partial charge in [0.25, 0.3) is 0 Å². The van der Waals surface area contributed by atoms with E-state index in [4.69, 9.17) is 26.0 Å². The van der Waals surface area contributed by atoms with Crippen LogP contribution in [0.1, 0.15) is 12.2 Å². The molecule has 0 N–H and O–H groups in total. The molecule has 5 aromatic rings. The van der Waals surface area contributed by atoms with Crippen molar-refractivity contribution in [2.45, 2.75) is 13.0 Å². The fraction of sp³-hybridized carbons (Fsp3) is 0.219. The summed E-state index contributed by atoms with van der Waals surface area (Å²) in [5.74, 6) is 1.86. The molecule has 0 saturated carbocycles. The van der Waals surface area contributed by atoms with E-state index in [0.717, 1.165) is 22.2 Å². The molecule has 6 rings (SSSR count). The number of halogens is 2. The summed E-state index contributed by atoms with van der Waals surface area (Å²) in [7, 11) is 0. The van der Waals surface area contributed by atoms with Crippen LogP contribution in [0.25, 0.3) is 22.3 Å². The van der Waals surface area contributed by atoms with E-state index in [-0.39, 0.29) is 11.7 Å². The zero-order chi connectivity index (χ0) is 28.2. The third kappa shape index (κ3) is 6.02. The number of furan rings is 1. The van der Waals surface area contributed by atoms with Crippen molar-refractivity contribution < 1.29 is 13.6 Å². The molecule has 1 aliphatic heterocycles. The molecule has 7 nitrogen and oxygen atoms in total. The predicted molar refractivity (Wildman–Crippen MR) is 160 cm³/mol. The number of anilines is 2. The molecule has 3 heterocycles. The van der Waals surface area contributed by atoms with Crippen LogP contribution in [0.4, 0.5) is 15.9 Å². The number of piperazine rings is 1. The quantitative estimate of drug-likeness (QED) is 0.215. The highest BCUT2D eigenvalue weighted by Gasteiger charge is 2.24. The molecule has 208 valence electrons. The number of hydrogen-bond acceptors (Lipinski definition) is 6. The van der Waals surface area contributed by atoms with Gasteiger partial charge in [-0.2, -0.15) is 0 Å². The Balaban J connectivity index is 1.24. The van der Waals surface area contributed by atoms with Gasteiger partial charge in [0.05, 0.1) is 24.0 Å². The first-order valence-electron chi connectivity index (χ1n) is 13.6. The summed E-state index contributed by atoms with van der Waals surface area (Å²) in [6, 6.07) is 25.9. The zero-order valence-electron chi connectivity index (χ0n) is 22.4. The molecule has 41 heavy (non-hydrogen) atoms. The molecule has 3 aromatic carbocycles. The largest absolute Gasteiger partial charge is 0.467 e. The Bertz CT molecular complexity index is 1640. The van der Waals surface area contributed by atoms with Crippen LogP contribution in [0, 0.1) is 5.82 Å². The fourth-order valence-electron chi connectivity index (χ4n) is 5.19. The number of carbonyl (C=O) groups excluding carboxylic acids is 1. The summed E-state index contributed by atoms with van der Waals surface area (Å²) in [6.07, 6.45) is 1.93. The van der Waals surface area contributed by atoms with E-state index < -0.39 is 0 Å². The first-order chi connectivity index (χ1) is 20.0. The molecule has 0 spiro atoms. The van der Waals surface area contributed by atoms with Gasteiger partial charge in [0.1, 0.15) is 17.4 Å². The molecule has 2 aromatic heterocycles. The van der Waals surface area contributed by atoms with E-state index >= 15 is 0 Å². The number of carbonyl (C=O) groups is 1. The Labute approximate surface area is 242 Å². The van der Waals surface area contributed by atoms with Crippen LogP contribution in [0.15, 0.2) is 95.6 Å². The Hall–Kier alpha value is -4.43. The van der Waals surface area contributed by atoms with Crippen LogP contribution in [-0.4, -0.2) is 53.5 Å². The second-order valence-corrected chi connectivity index (χ2v) is 10.4. The fourth-order valence-corrected chi connectivity index (χ4v) is 5.35. The summed E-state index contributed by atoms with van der Waals surface area (Å²) < 4.78 is 20.0. The van der Waals surface area contributed by atoms with E-state index in [0.29, 0.717) is 68.0 Å². The van der Waals surface area contributed by atoms with Crippen molar-refractivity contribution in [2.75, 3.05) is 42.5 Å². The van der Waals surface area contributed by atoms with Crippen LogP contribution >= 0.6 is 11.6 Å². The summed E-state index contributed by atoms with van der Waals surface area (Å²) >= 11 is 6.35. The lowest BCUT2D eigenvalue weighted by molar-refractivity contribution is -0.131. The number of aromatic nitrogens is 2. The van der Waals surface area contributed by atoms with Crippen molar-refractivity contribution in [1.82, 2.24) is 14.9 Å². The van der Waals surface area contributed by atoms with Crippen LogP contribution < -0.4 is 9.80 Å². The Morgan fingerprint density at radius 2 is 1.71 bits per heavy atom. The molecular formula is C32H29ClFN5O2. The summed E-state index contributed by atoms with van der Waals surface area (Å²) in [5.41, 5.74) is 2.19. The Morgan fingerprint density at radius 1 is 0.927 bits per heavy atom. The van der Waals surface area contributed by atoms with Crippen LogP contribution in [0.5, 0.6) is 0 Å². The topological polar surface area (TPSA) is 65.7 Å². The van der Waals surface area contributed by atoms with E-state index in [1.807, 2.05) is 76.5 Å². The highest BCUT2D eigenvalue weighted by Crippen LogP contribution is 2.31. The van der Waals surface area contributed by atoms with Gasteiger partial charge in [-0.05, 0) is 42.5 Å². The van der Waals surface area contributed by atoms with Gasteiger partial charge in [-0.25, -0.2) is 14.4 Å². The van der Waals surface area contributed by atoms with Crippen molar-refractivity contribution in [1.29, 1.82) is 0 Å². The molecule has 0 atom stereocenters. The highest BCUT2D eigenvalue weighted by atomic mass is 35.5. The summed E-state index contributed by atoms with van der Waals surface area (Å²) in [4.78, 5) is 29.1. The van der Waals surface area contributed by atoms with Crippen LogP contribution in [0.2, 0.25) is 5.02 Å². The number of amides is 1. The van der Waals surface area contributed by atoms with Crippen molar-refractivity contribution in [3.05, 3.63) is 108 Å². The molecule has 0 unspecified atom stereocenters. The van der Waals surface area contributed by atoms with Crippen LogP contribution in [0.3, 0.4) is 0 Å². The standard InChI is InChI=1S/C32H29ClFN5O2/c33-24-12-13-26-28(21-24)35-31(23-7-2-1-3-8-23)36-32(26)39(22-25-9-6-20-41-25)15-14-30(40)38-18-16-37(17-19-38)29-11-5-4-10-27(29)34/h1-13,20-21H,14-19,22H2. The second-order valence-electron chi connectivity index (χ2n) is 9.97. The van der Waals surface area contributed by atoms with Gasteiger partial charge in [-0.15, -0.1) is 0 Å². The zero-order valence-corrected chi connectivity index (χ0v) is 23.2. The number of fused-ring (bicyclic) bond motifs is 1. The van der Waals surface area contributed by atoms with Gasteiger partial charge in [0.2, 0.25) is 5.91 Å². The van der Waals surface area contributed by atoms with Crippen molar-refractivity contribution in [3.8, 4) is 11.4 Å². The third-order valence-electron chi connectivity index (χ3n) is 7.32. The highest BCUT2D eigenvalue weighted by molar-refractivity contribution is 6.31. The van der Waals surface area contributed by atoms with Crippen LogP contribution in [-0.2, 0) is 11.3 Å². The lowest BCUT2D eigenvalue weighted by Gasteiger charge is -2.36. The number of rotatable bonds is 8. The van der Waals surface area contributed by atoms with E-state index in [9.17, 15) is 9.18 Å². The number of hydrogen-bond donors (Lipinski definition) is 0. The molecule has 0 aliphatic carbocycles. The van der Waals surface area contributed by atoms with Crippen molar-refractivity contribution in [3.63, 3.8) is 0 Å². The van der Waals surface area contributed by atoms with Gasteiger partial charge in [-0.1, -0.05) is 54.1 Å². The molecule has 1 saturated heterocycles. The minimum atomic E-state index is -0.242. The van der Waals surface area contributed by atoms with E-state index in [2.05, 4.69) is 4.90 Å². The SMILES string of the molecule is O=C(CCN(Cc1ccco1)c1nc(-c2ccccc2)nc2cc(Cl)ccc12)N1CCN(c2ccccc2F)CC1. The van der Waals surface area contributed by atoms with Crippen molar-refractivity contribution >= 4 is 39.9 Å². The van der Waals surface area contributed by atoms with E-state index in [1.165, 1.54) is 6.07 Å². The maximum Gasteiger partial charge on any atom is 0.224 e. The van der Waals surface area contributed by atoms with E-state index in [1.54, 1.807) is 18.4 Å². The van der Waals surface area contributed by atoms with Gasteiger partial charge in [0.15, 0.2) is 5.82 Å². The molecular weight excluding hydrogens is 541 g/mol. The Morgan fingerprint density at radius 3 is 2.46 bits per heavy atom. The van der Waals surface area contributed by atoms with Crippen molar-refractivity contribution in [2.24, 2.45) is 0 Å². The molecule has 0 radical (unpaired) electrons. The lowest BCUT2D eigenvalue weighted by Crippen LogP contribution is -2.49. The predicted octanol–water partition coefficient (Wildman–Crippen LogP) is 6.43. The third-order valence-corrected chi connectivity index (χ3v) is 7.55. The number of nitrogens with zero attached hydrogens (tertiary/aromatic N) is 5. The minimum absolute atomic E-state index is 0.0484. The first kappa shape index (κ1) is 26.8. The van der Waals surface area contributed by atoms with Gasteiger partial charge in [-0.3, -0.25) is 4.79 Å². The Kier molecular flexibility index (Phi) is 7.82. The smallest absolute Gasteiger partial charge is 0.224 e. The van der Waals surface area contributed by atoms with Gasteiger partial charge in [0, 0.05) is 55.1 Å². The first-order valence-corrected chi connectivity index (χ1v) is 14.0. The molecule has 1 amide bonds. The second kappa shape index (κ2) is 12.0. The monoisotopic (exact) mass is 569 g/mol. The average Bonchev–Trinajstić information content (AvgIpc) is 3.52. The van der Waals surface area contributed by atoms with Gasteiger partial charge < -0.3 is 19.1 Å². The maximum atomic E-state index is 14.3. The number of benzene rings is 3. The number of para-hydroxylation sites is 1.